The molecule has 0 bridgehead atoms. The summed E-state index contributed by atoms with van der Waals surface area (Å²) in [5, 5.41) is 13.3. The molecule has 2 aromatic rings. The van der Waals surface area contributed by atoms with E-state index in [2.05, 4.69) is 11.4 Å². The standard InChI is InChI=1S/C24H21Cl2N3O2S/c25-19-10-15(11-20(26)22(19)31-14-17-7-5-4-6-16(17)13-27)12-21-23(30)29(24(32)28-21)18-8-2-1-3-9-18/h4-7,10-12,18H,1-3,8-9,14H2,(H,28,32)/b21-12-. The van der Waals surface area contributed by atoms with Gasteiger partial charge in [0.25, 0.3) is 5.91 Å². The van der Waals surface area contributed by atoms with Gasteiger partial charge in [-0.1, -0.05) is 60.7 Å². The van der Waals surface area contributed by atoms with Crippen molar-refractivity contribution in [2.24, 2.45) is 0 Å². The van der Waals surface area contributed by atoms with Gasteiger partial charge < -0.3 is 10.1 Å². The van der Waals surface area contributed by atoms with E-state index in [1.807, 2.05) is 12.1 Å². The van der Waals surface area contributed by atoms with Crippen molar-refractivity contribution < 1.29 is 9.53 Å². The number of nitriles is 1. The molecule has 0 spiro atoms. The van der Waals surface area contributed by atoms with Gasteiger partial charge in [0.1, 0.15) is 12.3 Å². The SMILES string of the molecule is N#Cc1ccccc1COc1c(Cl)cc(/C=C2\NC(=S)N(C3CCCCC3)C2=O)cc1Cl. The molecule has 2 aliphatic rings. The van der Waals surface area contributed by atoms with E-state index in [0.29, 0.717) is 37.7 Å². The molecule has 164 valence electrons. The Balaban J connectivity index is 1.52. The van der Waals surface area contributed by atoms with E-state index < -0.39 is 0 Å². The second-order valence-corrected chi connectivity index (χ2v) is 9.03. The molecule has 1 aliphatic carbocycles. The first-order valence-corrected chi connectivity index (χ1v) is 11.6. The molecule has 32 heavy (non-hydrogen) atoms. The smallest absolute Gasteiger partial charge is 0.276 e. The van der Waals surface area contributed by atoms with Crippen LogP contribution in [0.15, 0.2) is 42.1 Å². The van der Waals surface area contributed by atoms with Gasteiger partial charge in [0.2, 0.25) is 0 Å². The van der Waals surface area contributed by atoms with E-state index in [1.165, 1.54) is 6.42 Å². The van der Waals surface area contributed by atoms with E-state index in [9.17, 15) is 10.1 Å². The van der Waals surface area contributed by atoms with Crippen LogP contribution in [0.3, 0.4) is 0 Å². The van der Waals surface area contributed by atoms with Gasteiger partial charge >= 0.3 is 0 Å². The Hall–Kier alpha value is -2.59. The van der Waals surface area contributed by atoms with E-state index in [1.54, 1.807) is 35.2 Å². The second kappa shape index (κ2) is 9.91. The highest BCUT2D eigenvalue weighted by Crippen LogP contribution is 2.36. The molecule has 1 amide bonds. The lowest BCUT2D eigenvalue weighted by Crippen LogP contribution is -2.41. The van der Waals surface area contributed by atoms with Crippen LogP contribution in [-0.2, 0) is 11.4 Å². The van der Waals surface area contributed by atoms with Crippen molar-refractivity contribution in [3.8, 4) is 11.8 Å². The maximum atomic E-state index is 13.0. The minimum atomic E-state index is -0.123. The normalized spacial score (nSPS) is 18.0. The Labute approximate surface area is 202 Å². The van der Waals surface area contributed by atoms with Crippen molar-refractivity contribution in [2.45, 2.75) is 44.8 Å². The number of hydrogen-bond donors (Lipinski definition) is 1. The van der Waals surface area contributed by atoms with Crippen LogP contribution in [0.2, 0.25) is 10.0 Å². The van der Waals surface area contributed by atoms with E-state index in [4.69, 9.17) is 40.2 Å². The molecule has 0 atom stereocenters. The first-order valence-electron chi connectivity index (χ1n) is 10.4. The molecule has 4 rings (SSSR count). The first-order chi connectivity index (χ1) is 15.5. The Morgan fingerprint density at radius 1 is 1.19 bits per heavy atom. The fourth-order valence-corrected chi connectivity index (χ4v) is 5.05. The maximum absolute atomic E-state index is 13.0. The van der Waals surface area contributed by atoms with Gasteiger partial charge in [-0.15, -0.1) is 0 Å². The summed E-state index contributed by atoms with van der Waals surface area (Å²) in [5.41, 5.74) is 2.34. The molecule has 1 saturated heterocycles. The molecule has 1 aliphatic heterocycles. The van der Waals surface area contributed by atoms with Crippen LogP contribution in [-0.4, -0.2) is 22.0 Å². The first kappa shape index (κ1) is 22.6. The van der Waals surface area contributed by atoms with Gasteiger partial charge in [0.15, 0.2) is 10.9 Å². The molecule has 5 nitrogen and oxygen atoms in total. The van der Waals surface area contributed by atoms with Crippen molar-refractivity contribution in [3.05, 3.63) is 68.8 Å². The minimum Gasteiger partial charge on any atom is -0.486 e. The lowest BCUT2D eigenvalue weighted by atomic mass is 9.94. The summed E-state index contributed by atoms with van der Waals surface area (Å²) in [6, 6.07) is 12.8. The zero-order valence-corrected chi connectivity index (χ0v) is 19.6. The van der Waals surface area contributed by atoms with Crippen molar-refractivity contribution in [1.29, 1.82) is 5.26 Å². The Kier molecular flexibility index (Phi) is 7.00. The second-order valence-electron chi connectivity index (χ2n) is 7.83. The number of carbonyl (C=O) groups is 1. The molecule has 2 aromatic carbocycles. The molecular weight excluding hydrogens is 465 g/mol. The predicted molar refractivity (Wildman–Crippen MR) is 129 cm³/mol. The lowest BCUT2D eigenvalue weighted by Gasteiger charge is -2.29. The topological polar surface area (TPSA) is 65.4 Å². The largest absolute Gasteiger partial charge is 0.486 e. The van der Waals surface area contributed by atoms with Crippen LogP contribution < -0.4 is 10.1 Å². The van der Waals surface area contributed by atoms with Crippen LogP contribution in [0.1, 0.15) is 48.8 Å². The number of carbonyl (C=O) groups excluding carboxylic acids is 1. The van der Waals surface area contributed by atoms with Crippen molar-refractivity contribution in [2.75, 3.05) is 0 Å². The zero-order chi connectivity index (χ0) is 22.7. The predicted octanol–water partition coefficient (Wildman–Crippen LogP) is 5.83. The third kappa shape index (κ3) is 4.75. The number of amides is 1. The highest BCUT2D eigenvalue weighted by molar-refractivity contribution is 7.80. The number of thiocarbonyl (C=S) groups is 1. The Bertz CT molecular complexity index is 1110. The zero-order valence-electron chi connectivity index (χ0n) is 17.2. The molecule has 1 saturated carbocycles. The molecular formula is C24H21Cl2N3O2S. The van der Waals surface area contributed by atoms with Crippen molar-refractivity contribution >= 4 is 52.5 Å². The quantitative estimate of drug-likeness (QED) is 0.425. The van der Waals surface area contributed by atoms with Gasteiger partial charge in [-0.3, -0.25) is 9.69 Å². The van der Waals surface area contributed by atoms with Gasteiger partial charge in [0.05, 0.1) is 21.7 Å². The molecule has 1 N–H and O–H groups in total. The number of nitrogens with one attached hydrogen (secondary N) is 1. The van der Waals surface area contributed by atoms with Crippen LogP contribution in [0, 0.1) is 11.3 Å². The summed E-state index contributed by atoms with van der Waals surface area (Å²) in [4.78, 5) is 14.7. The van der Waals surface area contributed by atoms with Gasteiger partial charge in [-0.25, -0.2) is 0 Å². The summed E-state index contributed by atoms with van der Waals surface area (Å²) in [5.74, 6) is 0.205. The number of nitrogens with zero attached hydrogens (tertiary/aromatic N) is 2. The Morgan fingerprint density at radius 2 is 1.88 bits per heavy atom. The number of benzene rings is 2. The van der Waals surface area contributed by atoms with Gasteiger partial charge in [0, 0.05) is 11.6 Å². The third-order valence-electron chi connectivity index (χ3n) is 5.69. The lowest BCUT2D eigenvalue weighted by molar-refractivity contribution is -0.124. The Morgan fingerprint density at radius 3 is 2.56 bits per heavy atom. The number of hydrogen-bond acceptors (Lipinski definition) is 4. The average molecular weight is 486 g/mol. The van der Waals surface area contributed by atoms with Gasteiger partial charge in [-0.05, 0) is 54.9 Å². The summed E-state index contributed by atoms with van der Waals surface area (Å²) in [6.07, 6.45) is 7.07. The van der Waals surface area contributed by atoms with Crippen LogP contribution in [0.4, 0.5) is 0 Å². The number of rotatable bonds is 5. The molecule has 0 radical (unpaired) electrons. The summed E-state index contributed by atoms with van der Waals surface area (Å²) >= 11 is 18.3. The van der Waals surface area contributed by atoms with Crippen LogP contribution in [0.5, 0.6) is 5.75 Å². The maximum Gasteiger partial charge on any atom is 0.276 e. The van der Waals surface area contributed by atoms with E-state index in [-0.39, 0.29) is 18.6 Å². The molecule has 0 unspecified atom stereocenters. The number of ether oxygens (including phenoxy) is 1. The summed E-state index contributed by atoms with van der Waals surface area (Å²) < 4.78 is 5.81. The van der Waals surface area contributed by atoms with E-state index >= 15 is 0 Å². The monoisotopic (exact) mass is 485 g/mol. The van der Waals surface area contributed by atoms with Crippen molar-refractivity contribution in [3.63, 3.8) is 0 Å². The summed E-state index contributed by atoms with van der Waals surface area (Å²) in [6.45, 7) is 0.161. The molecule has 0 aromatic heterocycles. The highest BCUT2D eigenvalue weighted by Gasteiger charge is 2.36. The number of halogens is 2. The third-order valence-corrected chi connectivity index (χ3v) is 6.55. The van der Waals surface area contributed by atoms with Crippen LogP contribution in [0.25, 0.3) is 6.08 Å². The average Bonchev–Trinajstić information content (AvgIpc) is 3.06. The molecule has 8 heteroatoms. The highest BCUT2D eigenvalue weighted by atomic mass is 35.5. The van der Waals surface area contributed by atoms with E-state index in [0.717, 1.165) is 31.2 Å². The van der Waals surface area contributed by atoms with Gasteiger partial charge in [-0.2, -0.15) is 5.26 Å². The molecule has 2 fully saturated rings. The fraction of sp³-hybridized carbons (Fsp3) is 0.292. The molecule has 1 heterocycles. The van der Waals surface area contributed by atoms with Crippen LogP contribution >= 0.6 is 35.4 Å². The van der Waals surface area contributed by atoms with Crippen molar-refractivity contribution in [1.82, 2.24) is 10.2 Å². The summed E-state index contributed by atoms with van der Waals surface area (Å²) in [7, 11) is 0. The fourth-order valence-electron chi connectivity index (χ4n) is 4.09. The minimum absolute atomic E-state index is 0.123.